The van der Waals surface area contributed by atoms with Gasteiger partial charge in [0.1, 0.15) is 0 Å². The lowest BCUT2D eigenvalue weighted by molar-refractivity contribution is -0.121. The van der Waals surface area contributed by atoms with Crippen molar-refractivity contribution in [2.45, 2.75) is 58.9 Å². The molecule has 4 nitrogen and oxygen atoms in total. The van der Waals surface area contributed by atoms with Gasteiger partial charge in [-0.25, -0.2) is 0 Å². The second-order valence-corrected chi connectivity index (χ2v) is 4.91. The average molecular weight is 257 g/mol. The number of unbranched alkanes of at least 4 members (excludes halogenated alkanes) is 3. The lowest BCUT2D eigenvalue weighted by atomic mass is 10.1. The molecule has 3 N–H and O–H groups in total. The van der Waals surface area contributed by atoms with E-state index in [1.807, 2.05) is 0 Å². The highest BCUT2D eigenvalue weighted by Crippen LogP contribution is 2.02. The zero-order valence-corrected chi connectivity index (χ0v) is 12.4. The lowest BCUT2D eigenvalue weighted by Crippen LogP contribution is -2.41. The highest BCUT2D eigenvalue weighted by Gasteiger charge is 2.09. The first-order valence-corrected chi connectivity index (χ1v) is 7.35. The maximum atomic E-state index is 11.7. The number of rotatable bonds is 11. The molecule has 0 aromatic heterocycles. The minimum atomic E-state index is 0.183. The van der Waals surface area contributed by atoms with Gasteiger partial charge in [-0.2, -0.15) is 0 Å². The van der Waals surface area contributed by atoms with Crippen LogP contribution in [0.15, 0.2) is 0 Å². The van der Waals surface area contributed by atoms with Crippen LogP contribution in [0.4, 0.5) is 0 Å². The number of nitrogens with one attached hydrogen (secondary N) is 1. The number of amides is 1. The van der Waals surface area contributed by atoms with E-state index in [1.165, 1.54) is 0 Å². The van der Waals surface area contributed by atoms with Crippen LogP contribution >= 0.6 is 0 Å². The van der Waals surface area contributed by atoms with Gasteiger partial charge >= 0.3 is 0 Å². The van der Waals surface area contributed by atoms with E-state index in [9.17, 15) is 4.79 Å². The number of hydrogen-bond acceptors (Lipinski definition) is 3. The van der Waals surface area contributed by atoms with Gasteiger partial charge in [-0.05, 0) is 39.4 Å². The third kappa shape index (κ3) is 9.42. The van der Waals surface area contributed by atoms with Gasteiger partial charge in [-0.15, -0.1) is 0 Å². The summed E-state index contributed by atoms with van der Waals surface area (Å²) in [5, 5.41) is 3.06. The maximum absolute atomic E-state index is 11.7. The van der Waals surface area contributed by atoms with Gasteiger partial charge in [0.15, 0.2) is 0 Å². The quantitative estimate of drug-likeness (QED) is 0.554. The fourth-order valence-electron chi connectivity index (χ4n) is 2.05. The SMILES string of the molecule is CCN(CC)CC(C)NC(=O)CCCCCCN. The second kappa shape index (κ2) is 11.5. The molecule has 0 bridgehead atoms. The van der Waals surface area contributed by atoms with E-state index in [0.717, 1.165) is 51.9 Å². The number of nitrogens with two attached hydrogens (primary N) is 1. The van der Waals surface area contributed by atoms with Crippen LogP contribution < -0.4 is 11.1 Å². The summed E-state index contributed by atoms with van der Waals surface area (Å²) >= 11 is 0. The van der Waals surface area contributed by atoms with Crippen LogP contribution in [0.25, 0.3) is 0 Å². The van der Waals surface area contributed by atoms with E-state index in [4.69, 9.17) is 5.73 Å². The van der Waals surface area contributed by atoms with Crippen molar-refractivity contribution in [3.63, 3.8) is 0 Å². The van der Waals surface area contributed by atoms with Crippen molar-refractivity contribution in [3.8, 4) is 0 Å². The van der Waals surface area contributed by atoms with Crippen LogP contribution in [0, 0.1) is 0 Å². The molecule has 108 valence electrons. The summed E-state index contributed by atoms with van der Waals surface area (Å²) in [5.41, 5.74) is 5.43. The Morgan fingerprint density at radius 1 is 1.17 bits per heavy atom. The summed E-state index contributed by atoms with van der Waals surface area (Å²) in [6, 6.07) is 0.237. The van der Waals surface area contributed by atoms with Gasteiger partial charge in [0, 0.05) is 19.0 Å². The standard InChI is InChI=1S/C14H31N3O/c1-4-17(5-2)12-13(3)16-14(18)10-8-6-7-9-11-15/h13H,4-12,15H2,1-3H3,(H,16,18). The van der Waals surface area contributed by atoms with E-state index in [-0.39, 0.29) is 11.9 Å². The lowest BCUT2D eigenvalue weighted by Gasteiger charge is -2.23. The number of nitrogens with zero attached hydrogens (tertiary/aromatic N) is 1. The third-order valence-electron chi connectivity index (χ3n) is 3.19. The summed E-state index contributed by atoms with van der Waals surface area (Å²) in [6.45, 7) is 10.1. The summed E-state index contributed by atoms with van der Waals surface area (Å²) in [5.74, 6) is 0.183. The molecular weight excluding hydrogens is 226 g/mol. The molecule has 0 aromatic rings. The van der Waals surface area contributed by atoms with Crippen LogP contribution in [0.2, 0.25) is 0 Å². The first kappa shape index (κ1) is 17.4. The van der Waals surface area contributed by atoms with Crippen LogP contribution in [-0.2, 0) is 4.79 Å². The molecule has 0 saturated carbocycles. The van der Waals surface area contributed by atoms with Crippen molar-refractivity contribution in [2.75, 3.05) is 26.2 Å². The largest absolute Gasteiger partial charge is 0.352 e. The van der Waals surface area contributed by atoms with E-state index in [1.54, 1.807) is 0 Å². The zero-order chi connectivity index (χ0) is 13.8. The molecule has 0 fully saturated rings. The Hall–Kier alpha value is -0.610. The van der Waals surface area contributed by atoms with Gasteiger partial charge < -0.3 is 16.0 Å². The van der Waals surface area contributed by atoms with Crippen LogP contribution in [0.1, 0.15) is 52.9 Å². The number of likely N-dealkylation sites (N-methyl/N-ethyl adjacent to an activating group) is 1. The highest BCUT2D eigenvalue weighted by atomic mass is 16.1. The molecule has 0 aliphatic carbocycles. The van der Waals surface area contributed by atoms with Crippen LogP contribution in [-0.4, -0.2) is 43.0 Å². The predicted molar refractivity (Wildman–Crippen MR) is 77.5 cm³/mol. The van der Waals surface area contributed by atoms with Gasteiger partial charge in [-0.1, -0.05) is 26.7 Å². The van der Waals surface area contributed by atoms with E-state index in [2.05, 4.69) is 31.0 Å². The molecule has 0 saturated heterocycles. The number of carbonyl (C=O) groups is 1. The molecule has 0 aliphatic rings. The van der Waals surface area contributed by atoms with E-state index in [0.29, 0.717) is 6.42 Å². The fourth-order valence-corrected chi connectivity index (χ4v) is 2.05. The number of hydrogen-bond donors (Lipinski definition) is 2. The molecule has 1 unspecified atom stereocenters. The Labute approximate surface area is 112 Å². The zero-order valence-electron chi connectivity index (χ0n) is 12.4. The molecule has 4 heteroatoms. The van der Waals surface area contributed by atoms with E-state index >= 15 is 0 Å². The van der Waals surface area contributed by atoms with Crippen molar-refractivity contribution < 1.29 is 4.79 Å². The topological polar surface area (TPSA) is 58.4 Å². The van der Waals surface area contributed by atoms with Crippen molar-refractivity contribution in [1.29, 1.82) is 0 Å². The van der Waals surface area contributed by atoms with E-state index < -0.39 is 0 Å². The first-order chi connectivity index (χ1) is 8.63. The highest BCUT2D eigenvalue weighted by molar-refractivity contribution is 5.76. The monoisotopic (exact) mass is 257 g/mol. The summed E-state index contributed by atoms with van der Waals surface area (Å²) < 4.78 is 0. The predicted octanol–water partition coefficient (Wildman–Crippen LogP) is 1.74. The van der Waals surface area contributed by atoms with Crippen LogP contribution in [0.5, 0.6) is 0 Å². The second-order valence-electron chi connectivity index (χ2n) is 4.91. The molecule has 0 heterocycles. The Morgan fingerprint density at radius 2 is 1.78 bits per heavy atom. The Balaban J connectivity index is 3.60. The Morgan fingerprint density at radius 3 is 2.33 bits per heavy atom. The van der Waals surface area contributed by atoms with Crippen molar-refractivity contribution in [2.24, 2.45) is 5.73 Å². The molecule has 1 atom stereocenters. The molecule has 0 aliphatic heterocycles. The van der Waals surface area contributed by atoms with Gasteiger partial charge in [0.05, 0.1) is 0 Å². The summed E-state index contributed by atoms with van der Waals surface area (Å²) in [6.07, 6.45) is 4.94. The minimum absolute atomic E-state index is 0.183. The van der Waals surface area contributed by atoms with Gasteiger partial charge in [0.2, 0.25) is 5.91 Å². The molecule has 1 amide bonds. The maximum Gasteiger partial charge on any atom is 0.220 e. The normalized spacial score (nSPS) is 12.7. The first-order valence-electron chi connectivity index (χ1n) is 7.35. The van der Waals surface area contributed by atoms with Crippen molar-refractivity contribution in [1.82, 2.24) is 10.2 Å². The molecule has 0 rings (SSSR count). The Kier molecular flexibility index (Phi) is 11.1. The molecule has 0 aromatic carbocycles. The molecule has 0 spiro atoms. The average Bonchev–Trinajstić information content (AvgIpc) is 2.35. The third-order valence-corrected chi connectivity index (χ3v) is 3.19. The Bertz CT molecular complexity index is 205. The molecule has 0 radical (unpaired) electrons. The molecular formula is C14H31N3O. The van der Waals surface area contributed by atoms with Crippen molar-refractivity contribution in [3.05, 3.63) is 0 Å². The smallest absolute Gasteiger partial charge is 0.220 e. The number of carbonyl (C=O) groups excluding carboxylic acids is 1. The molecule has 18 heavy (non-hydrogen) atoms. The fraction of sp³-hybridized carbons (Fsp3) is 0.929. The van der Waals surface area contributed by atoms with Crippen LogP contribution in [0.3, 0.4) is 0 Å². The van der Waals surface area contributed by atoms with Gasteiger partial charge in [-0.3, -0.25) is 4.79 Å². The minimum Gasteiger partial charge on any atom is -0.352 e. The summed E-state index contributed by atoms with van der Waals surface area (Å²) in [4.78, 5) is 14.0. The van der Waals surface area contributed by atoms with Crippen molar-refractivity contribution >= 4 is 5.91 Å². The summed E-state index contributed by atoms with van der Waals surface area (Å²) in [7, 11) is 0. The van der Waals surface area contributed by atoms with Gasteiger partial charge in [0.25, 0.3) is 0 Å².